The predicted octanol–water partition coefficient (Wildman–Crippen LogP) is 4.53. The van der Waals surface area contributed by atoms with Gasteiger partial charge in [-0.1, -0.05) is 39.0 Å². The van der Waals surface area contributed by atoms with Crippen molar-refractivity contribution in [1.82, 2.24) is 4.90 Å². The van der Waals surface area contributed by atoms with E-state index in [9.17, 15) is 4.79 Å². The van der Waals surface area contributed by atoms with Crippen molar-refractivity contribution in [1.29, 1.82) is 0 Å². The minimum atomic E-state index is -0.520. The monoisotopic (exact) mass is 371 g/mol. The van der Waals surface area contributed by atoms with E-state index >= 15 is 0 Å². The molecule has 1 rings (SSSR count). The fraction of sp³-hybridized carbons (Fsp3) is 0.952. The van der Waals surface area contributed by atoms with E-state index in [0.29, 0.717) is 6.42 Å². The van der Waals surface area contributed by atoms with Crippen molar-refractivity contribution in [3.63, 3.8) is 0 Å². The fourth-order valence-corrected chi connectivity index (χ4v) is 3.95. The van der Waals surface area contributed by atoms with Gasteiger partial charge in [0.15, 0.2) is 6.10 Å². The van der Waals surface area contributed by atoms with E-state index in [1.165, 1.54) is 26.4 Å². The van der Waals surface area contributed by atoms with Crippen LogP contribution in [0.15, 0.2) is 0 Å². The molecule has 0 bridgehead atoms. The van der Waals surface area contributed by atoms with Crippen LogP contribution in [0.25, 0.3) is 0 Å². The molecule has 1 saturated heterocycles. The van der Waals surface area contributed by atoms with Crippen molar-refractivity contribution in [3.05, 3.63) is 0 Å². The van der Waals surface area contributed by atoms with E-state index in [0.717, 1.165) is 25.7 Å². The smallest absolute Gasteiger partial charge is 0.335 e. The van der Waals surface area contributed by atoms with Gasteiger partial charge in [0.2, 0.25) is 0 Å². The highest BCUT2D eigenvalue weighted by Crippen LogP contribution is 2.38. The van der Waals surface area contributed by atoms with Crippen LogP contribution in [0.3, 0.4) is 0 Å². The highest BCUT2D eigenvalue weighted by Gasteiger charge is 2.43. The zero-order valence-corrected chi connectivity index (χ0v) is 18.1. The molecule has 0 aromatic rings. The van der Waals surface area contributed by atoms with Gasteiger partial charge in [-0.15, -0.1) is 0 Å². The molecule has 0 aromatic heterocycles. The third kappa shape index (κ3) is 7.16. The summed E-state index contributed by atoms with van der Waals surface area (Å²) in [5.74, 6) is -0.298. The van der Waals surface area contributed by atoms with Gasteiger partial charge < -0.3 is 14.2 Å². The van der Waals surface area contributed by atoms with Crippen molar-refractivity contribution in [3.8, 4) is 0 Å². The molecule has 154 valence electrons. The van der Waals surface area contributed by atoms with Gasteiger partial charge in [-0.2, -0.15) is 0 Å². The molecule has 1 heterocycles. The molecule has 1 fully saturated rings. The van der Waals surface area contributed by atoms with Gasteiger partial charge in [-0.05, 0) is 54.0 Å². The van der Waals surface area contributed by atoms with Crippen LogP contribution in [0.2, 0.25) is 0 Å². The lowest BCUT2D eigenvalue weighted by molar-refractivity contribution is -0.180. The number of esters is 1. The highest BCUT2D eigenvalue weighted by atomic mass is 16.7. The number of hydrogen-bond donors (Lipinski definition) is 0. The van der Waals surface area contributed by atoms with E-state index in [1.54, 1.807) is 0 Å². The van der Waals surface area contributed by atoms with Crippen molar-refractivity contribution >= 4 is 5.97 Å². The summed E-state index contributed by atoms with van der Waals surface area (Å²) in [6.45, 7) is 11.3. The molecular formula is C21H41NO4. The van der Waals surface area contributed by atoms with Crippen molar-refractivity contribution < 1.29 is 19.0 Å². The first-order valence-corrected chi connectivity index (χ1v) is 10.2. The summed E-state index contributed by atoms with van der Waals surface area (Å²) >= 11 is 0. The van der Waals surface area contributed by atoms with Crippen LogP contribution in [0.4, 0.5) is 0 Å². The number of rotatable bonds is 11. The van der Waals surface area contributed by atoms with E-state index in [2.05, 4.69) is 46.6 Å². The maximum atomic E-state index is 12.0. The maximum Gasteiger partial charge on any atom is 0.335 e. The van der Waals surface area contributed by atoms with Crippen LogP contribution in [0, 0.1) is 0 Å². The molecule has 1 atom stereocenters. The minimum absolute atomic E-state index is 0.0768. The molecule has 0 spiro atoms. The first kappa shape index (κ1) is 23.4. The van der Waals surface area contributed by atoms with Gasteiger partial charge in [-0.25, -0.2) is 4.79 Å². The summed E-state index contributed by atoms with van der Waals surface area (Å²) in [6, 6.07) is 0. The molecular weight excluding hydrogens is 330 g/mol. The van der Waals surface area contributed by atoms with Crippen molar-refractivity contribution in [2.24, 2.45) is 0 Å². The van der Waals surface area contributed by atoms with Crippen LogP contribution in [-0.2, 0) is 19.0 Å². The summed E-state index contributed by atoms with van der Waals surface area (Å²) in [4.78, 5) is 14.4. The average Bonchev–Trinajstić information content (AvgIpc) is 2.56. The number of carbonyl (C=O) groups excluding carboxylic acids is 1. The van der Waals surface area contributed by atoms with Gasteiger partial charge >= 0.3 is 5.97 Å². The van der Waals surface area contributed by atoms with E-state index in [-0.39, 0.29) is 29.9 Å². The number of ether oxygens (including phenoxy) is 3. The molecule has 1 unspecified atom stereocenters. The Balaban J connectivity index is 2.44. The standard InChI is InChI=1S/C21H41NO4/c1-8-9-10-11-12-13-18(19(23)24-7)26-16-25-17-14-20(2,3)22(6)21(4,5)15-17/h17-18H,8-16H2,1-7H3. The zero-order valence-electron chi connectivity index (χ0n) is 18.1. The topological polar surface area (TPSA) is 48.0 Å². The molecule has 0 saturated carbocycles. The van der Waals surface area contributed by atoms with E-state index in [4.69, 9.17) is 14.2 Å². The van der Waals surface area contributed by atoms with E-state index in [1.807, 2.05) is 0 Å². The Labute approximate surface area is 160 Å². The molecule has 1 aliphatic heterocycles. The lowest BCUT2D eigenvalue weighted by Gasteiger charge is -2.53. The SMILES string of the molecule is CCCCCCCC(OCOC1CC(C)(C)N(C)C(C)(C)C1)C(=O)OC. The first-order chi connectivity index (χ1) is 12.1. The summed E-state index contributed by atoms with van der Waals surface area (Å²) in [5.41, 5.74) is 0.154. The maximum absolute atomic E-state index is 12.0. The molecule has 0 aliphatic carbocycles. The van der Waals surface area contributed by atoms with Crippen LogP contribution >= 0.6 is 0 Å². The number of piperidine rings is 1. The number of nitrogens with zero attached hydrogens (tertiary/aromatic N) is 1. The number of unbranched alkanes of at least 4 members (excludes halogenated alkanes) is 4. The summed E-state index contributed by atoms with van der Waals surface area (Å²) < 4.78 is 16.7. The quantitative estimate of drug-likeness (QED) is 0.303. The average molecular weight is 372 g/mol. The summed E-state index contributed by atoms with van der Waals surface area (Å²) in [6.07, 6.45) is 8.00. The second-order valence-electron chi connectivity index (χ2n) is 8.88. The van der Waals surface area contributed by atoms with Crippen molar-refractivity contribution in [2.75, 3.05) is 21.0 Å². The van der Waals surface area contributed by atoms with Crippen LogP contribution < -0.4 is 0 Å². The Morgan fingerprint density at radius 2 is 1.65 bits per heavy atom. The van der Waals surface area contributed by atoms with Gasteiger partial charge in [-0.3, -0.25) is 4.90 Å². The van der Waals surface area contributed by atoms with Gasteiger partial charge in [0, 0.05) is 11.1 Å². The Morgan fingerprint density at radius 1 is 1.08 bits per heavy atom. The molecule has 5 heteroatoms. The molecule has 1 aliphatic rings. The van der Waals surface area contributed by atoms with E-state index < -0.39 is 6.10 Å². The van der Waals surface area contributed by atoms with Gasteiger partial charge in [0.05, 0.1) is 13.2 Å². The lowest BCUT2D eigenvalue weighted by Crippen LogP contribution is -2.60. The summed E-state index contributed by atoms with van der Waals surface area (Å²) in [7, 11) is 3.59. The molecule has 0 N–H and O–H groups in total. The first-order valence-electron chi connectivity index (χ1n) is 10.2. The highest BCUT2D eigenvalue weighted by molar-refractivity contribution is 5.74. The molecule has 0 radical (unpaired) electrons. The fourth-order valence-electron chi connectivity index (χ4n) is 3.95. The van der Waals surface area contributed by atoms with Crippen molar-refractivity contribution in [2.45, 2.75) is 109 Å². The largest absolute Gasteiger partial charge is 0.467 e. The molecule has 0 aromatic carbocycles. The van der Waals surface area contributed by atoms with Gasteiger partial charge in [0.1, 0.15) is 6.79 Å². The molecule has 5 nitrogen and oxygen atoms in total. The third-order valence-electron chi connectivity index (χ3n) is 5.88. The third-order valence-corrected chi connectivity index (χ3v) is 5.88. The number of hydrogen-bond acceptors (Lipinski definition) is 5. The number of carbonyl (C=O) groups is 1. The predicted molar refractivity (Wildman–Crippen MR) is 105 cm³/mol. The Hall–Kier alpha value is -0.650. The van der Waals surface area contributed by atoms with Gasteiger partial charge in [0.25, 0.3) is 0 Å². The minimum Gasteiger partial charge on any atom is -0.467 e. The number of methoxy groups -OCH3 is 1. The second-order valence-corrected chi connectivity index (χ2v) is 8.88. The van der Waals surface area contributed by atoms with Crippen LogP contribution in [0.1, 0.15) is 86.0 Å². The number of likely N-dealkylation sites (tertiary alicyclic amines) is 1. The van der Waals surface area contributed by atoms with Crippen LogP contribution in [-0.4, -0.2) is 55.1 Å². The lowest BCUT2D eigenvalue weighted by atomic mass is 9.79. The normalized spacial score (nSPS) is 21.5. The Bertz CT molecular complexity index is 404. The second kappa shape index (κ2) is 10.6. The zero-order chi connectivity index (χ0) is 19.8. The molecule has 26 heavy (non-hydrogen) atoms. The summed E-state index contributed by atoms with van der Waals surface area (Å²) in [5, 5.41) is 0. The molecule has 0 amide bonds. The Morgan fingerprint density at radius 3 is 2.19 bits per heavy atom. The van der Waals surface area contributed by atoms with Crippen LogP contribution in [0.5, 0.6) is 0 Å². The Kier molecular flexibility index (Phi) is 9.56.